The van der Waals surface area contributed by atoms with Crippen LogP contribution in [0.5, 0.6) is 0 Å². The third kappa shape index (κ3) is 3.41. The van der Waals surface area contributed by atoms with Gasteiger partial charge in [0.1, 0.15) is 4.90 Å². The number of benzene rings is 1. The van der Waals surface area contributed by atoms with Gasteiger partial charge in [0.15, 0.2) is 0 Å². The van der Waals surface area contributed by atoms with Gasteiger partial charge in [-0.2, -0.15) is 4.31 Å². The Kier molecular flexibility index (Phi) is 4.97. The number of carboxylic acids is 1. The first-order chi connectivity index (χ1) is 9.73. The molecule has 5 nitrogen and oxygen atoms in total. The lowest BCUT2D eigenvalue weighted by Gasteiger charge is -2.35. The molecule has 8 heteroatoms. The molecule has 1 saturated heterocycles. The normalized spacial score (nSPS) is 24.0. The third-order valence-electron chi connectivity index (χ3n) is 3.65. The molecule has 1 N–H and O–H groups in total. The highest BCUT2D eigenvalue weighted by Gasteiger charge is 2.37. The predicted molar refractivity (Wildman–Crippen MR) is 82.9 cm³/mol. The molecule has 1 aliphatic rings. The van der Waals surface area contributed by atoms with Gasteiger partial charge < -0.3 is 5.11 Å². The van der Waals surface area contributed by atoms with E-state index in [-0.39, 0.29) is 22.5 Å². The molecule has 0 amide bonds. The Balaban J connectivity index is 2.30. The fourth-order valence-corrected chi connectivity index (χ4v) is 5.21. The largest absolute Gasteiger partial charge is 0.481 e. The molecule has 2 rings (SSSR count). The summed E-state index contributed by atoms with van der Waals surface area (Å²) in [6.45, 7) is 1.91. The first kappa shape index (κ1) is 16.7. The highest BCUT2D eigenvalue weighted by atomic mass is 79.9. The summed E-state index contributed by atoms with van der Waals surface area (Å²) in [4.78, 5) is 11.1. The zero-order chi connectivity index (χ0) is 15.8. The van der Waals surface area contributed by atoms with Crippen molar-refractivity contribution >= 4 is 43.5 Å². The number of halogens is 2. The minimum Gasteiger partial charge on any atom is -0.481 e. The molecule has 1 heterocycles. The third-order valence-corrected chi connectivity index (χ3v) is 6.63. The molecule has 2 atom stereocenters. The molecule has 0 saturated carbocycles. The molecular weight excluding hydrogens is 382 g/mol. The van der Waals surface area contributed by atoms with Gasteiger partial charge in [-0.3, -0.25) is 4.79 Å². The number of carbonyl (C=O) groups is 1. The second-order valence-electron chi connectivity index (χ2n) is 5.10. The van der Waals surface area contributed by atoms with Crippen molar-refractivity contribution in [3.8, 4) is 0 Å². The Hall–Kier alpha value is -0.630. The standard InChI is InChI=1S/C13H15BrClNO4S/c1-8-6-9(13(17)18)4-5-16(8)21(19,20)12-3-2-10(14)7-11(12)15/h2-3,7-9H,4-6H2,1H3,(H,17,18). The summed E-state index contributed by atoms with van der Waals surface area (Å²) in [6.07, 6.45) is 0.621. The van der Waals surface area contributed by atoms with Gasteiger partial charge in [0.2, 0.25) is 10.0 Å². The maximum absolute atomic E-state index is 12.7. The second-order valence-corrected chi connectivity index (χ2v) is 8.28. The molecule has 0 spiro atoms. The van der Waals surface area contributed by atoms with Crippen molar-refractivity contribution < 1.29 is 18.3 Å². The van der Waals surface area contributed by atoms with Crippen LogP contribution in [0.3, 0.4) is 0 Å². The molecule has 0 aliphatic carbocycles. The number of sulfonamides is 1. The number of hydrogen-bond donors (Lipinski definition) is 1. The van der Waals surface area contributed by atoms with E-state index in [0.717, 1.165) is 0 Å². The first-order valence-electron chi connectivity index (χ1n) is 6.43. The summed E-state index contributed by atoms with van der Waals surface area (Å²) in [5, 5.41) is 9.19. The van der Waals surface area contributed by atoms with E-state index in [4.69, 9.17) is 16.7 Å². The van der Waals surface area contributed by atoms with Crippen molar-refractivity contribution in [1.82, 2.24) is 4.31 Å². The number of aliphatic carboxylic acids is 1. The van der Waals surface area contributed by atoms with Crippen LogP contribution in [0.4, 0.5) is 0 Å². The lowest BCUT2D eigenvalue weighted by atomic mass is 9.93. The van der Waals surface area contributed by atoms with E-state index >= 15 is 0 Å². The lowest BCUT2D eigenvalue weighted by Crippen LogP contribution is -2.46. The number of nitrogens with zero attached hydrogens (tertiary/aromatic N) is 1. The summed E-state index contributed by atoms with van der Waals surface area (Å²) < 4.78 is 27.4. The molecule has 0 aromatic heterocycles. The minimum absolute atomic E-state index is 0.0491. The van der Waals surface area contributed by atoms with Gasteiger partial charge >= 0.3 is 5.97 Å². The minimum atomic E-state index is -3.72. The van der Waals surface area contributed by atoms with Crippen LogP contribution in [0.2, 0.25) is 5.02 Å². The maximum atomic E-state index is 12.7. The highest BCUT2D eigenvalue weighted by molar-refractivity contribution is 9.10. The summed E-state index contributed by atoms with van der Waals surface area (Å²) >= 11 is 9.27. The van der Waals surface area contributed by atoms with E-state index in [9.17, 15) is 13.2 Å². The predicted octanol–water partition coefficient (Wildman–Crippen LogP) is 2.98. The van der Waals surface area contributed by atoms with Crippen LogP contribution in [0.1, 0.15) is 19.8 Å². The molecule has 1 aliphatic heterocycles. The van der Waals surface area contributed by atoms with Gasteiger partial charge in [-0.1, -0.05) is 27.5 Å². The van der Waals surface area contributed by atoms with Crippen molar-refractivity contribution in [2.24, 2.45) is 5.92 Å². The Morgan fingerprint density at radius 2 is 2.14 bits per heavy atom. The van der Waals surface area contributed by atoms with Gasteiger partial charge in [-0.15, -0.1) is 0 Å². The summed E-state index contributed by atoms with van der Waals surface area (Å²) in [6, 6.07) is 4.23. The van der Waals surface area contributed by atoms with Crippen LogP contribution in [0.25, 0.3) is 0 Å². The van der Waals surface area contributed by atoms with Crippen molar-refractivity contribution in [3.05, 3.63) is 27.7 Å². The molecule has 1 aromatic rings. The first-order valence-corrected chi connectivity index (χ1v) is 9.04. The number of piperidine rings is 1. The van der Waals surface area contributed by atoms with Gasteiger partial charge in [-0.05, 0) is 38.0 Å². The van der Waals surface area contributed by atoms with E-state index in [1.807, 2.05) is 0 Å². The van der Waals surface area contributed by atoms with Crippen LogP contribution < -0.4 is 0 Å². The molecule has 116 valence electrons. The van der Waals surface area contributed by atoms with Crippen molar-refractivity contribution in [3.63, 3.8) is 0 Å². The van der Waals surface area contributed by atoms with Crippen molar-refractivity contribution in [2.45, 2.75) is 30.7 Å². The fourth-order valence-electron chi connectivity index (χ4n) is 2.54. The molecule has 21 heavy (non-hydrogen) atoms. The van der Waals surface area contributed by atoms with E-state index in [1.54, 1.807) is 13.0 Å². The molecule has 0 radical (unpaired) electrons. The van der Waals surface area contributed by atoms with Crippen LogP contribution >= 0.6 is 27.5 Å². The van der Waals surface area contributed by atoms with Crippen molar-refractivity contribution in [1.29, 1.82) is 0 Å². The Bertz CT molecular complexity index is 664. The quantitative estimate of drug-likeness (QED) is 0.852. The average Bonchev–Trinajstić information content (AvgIpc) is 2.37. The summed E-state index contributed by atoms with van der Waals surface area (Å²) in [5.41, 5.74) is 0. The Morgan fingerprint density at radius 3 is 2.67 bits per heavy atom. The van der Waals surface area contributed by atoms with E-state index in [0.29, 0.717) is 17.3 Å². The summed E-state index contributed by atoms with van der Waals surface area (Å²) in [5.74, 6) is -1.37. The Labute approximate surface area is 137 Å². The van der Waals surface area contributed by atoms with Gasteiger partial charge in [0.05, 0.1) is 10.9 Å². The van der Waals surface area contributed by atoms with Crippen LogP contribution in [0.15, 0.2) is 27.6 Å². The topological polar surface area (TPSA) is 74.7 Å². The smallest absolute Gasteiger partial charge is 0.306 e. The SMILES string of the molecule is CC1CC(C(=O)O)CCN1S(=O)(=O)c1ccc(Br)cc1Cl. The number of carboxylic acid groups (broad SMARTS) is 1. The second kappa shape index (κ2) is 6.24. The molecular formula is C13H15BrClNO4S. The van der Waals surface area contributed by atoms with Crippen LogP contribution in [-0.2, 0) is 14.8 Å². The van der Waals surface area contributed by atoms with Gasteiger partial charge in [0, 0.05) is 17.1 Å². The van der Waals surface area contributed by atoms with E-state index in [2.05, 4.69) is 15.9 Å². The lowest BCUT2D eigenvalue weighted by molar-refractivity contribution is -0.143. The monoisotopic (exact) mass is 395 g/mol. The molecule has 0 bridgehead atoms. The summed E-state index contributed by atoms with van der Waals surface area (Å²) in [7, 11) is -3.72. The zero-order valence-corrected chi connectivity index (χ0v) is 14.4. The Morgan fingerprint density at radius 1 is 1.48 bits per heavy atom. The molecule has 1 fully saturated rings. The van der Waals surface area contributed by atoms with Crippen LogP contribution in [-0.4, -0.2) is 36.4 Å². The van der Waals surface area contributed by atoms with Gasteiger partial charge in [0.25, 0.3) is 0 Å². The van der Waals surface area contributed by atoms with E-state index < -0.39 is 21.9 Å². The van der Waals surface area contributed by atoms with Crippen molar-refractivity contribution in [2.75, 3.05) is 6.54 Å². The zero-order valence-electron chi connectivity index (χ0n) is 11.3. The number of rotatable bonds is 3. The molecule has 1 aromatic carbocycles. The van der Waals surface area contributed by atoms with Gasteiger partial charge in [-0.25, -0.2) is 8.42 Å². The fraction of sp³-hybridized carbons (Fsp3) is 0.462. The highest BCUT2D eigenvalue weighted by Crippen LogP contribution is 2.32. The average molecular weight is 397 g/mol. The molecule has 2 unspecified atom stereocenters. The van der Waals surface area contributed by atoms with Crippen LogP contribution in [0, 0.1) is 5.92 Å². The maximum Gasteiger partial charge on any atom is 0.306 e. The number of hydrogen-bond acceptors (Lipinski definition) is 3. The van der Waals surface area contributed by atoms with E-state index in [1.165, 1.54) is 16.4 Å².